The number of anilines is 1. The van der Waals surface area contributed by atoms with Crippen LogP contribution in [0.25, 0.3) is 31.2 Å². The fraction of sp³-hybridized carbons (Fsp3) is 0.455. The standard InChI is InChI=1S/C22H26N6OS2/c1-13(2)25-21-16-7-19(20-9-23-12-30-20)31-22(16)24-8-17(21)18-10-28(27-26-18)15-5-3-14(11-29)4-6-15/h7-10,12-15,29H,3-6,11H2,1-2H3,(H,24,25). The number of rotatable bonds is 6. The molecule has 1 aliphatic carbocycles. The molecule has 2 N–H and O–H groups in total. The van der Waals surface area contributed by atoms with Gasteiger partial charge in [0.05, 0.1) is 28.3 Å². The molecule has 0 saturated heterocycles. The summed E-state index contributed by atoms with van der Waals surface area (Å²) in [5.74, 6) is 0.430. The Hall–Kier alpha value is -2.36. The first-order valence-electron chi connectivity index (χ1n) is 10.7. The van der Waals surface area contributed by atoms with Gasteiger partial charge in [0.25, 0.3) is 0 Å². The lowest BCUT2D eigenvalue weighted by Gasteiger charge is -2.26. The number of aliphatic hydroxyl groups excluding tert-OH is 1. The van der Waals surface area contributed by atoms with Crippen LogP contribution < -0.4 is 5.32 Å². The van der Waals surface area contributed by atoms with Crippen LogP contribution in [0.15, 0.2) is 30.2 Å². The minimum Gasteiger partial charge on any atom is -0.396 e. The van der Waals surface area contributed by atoms with Gasteiger partial charge >= 0.3 is 0 Å². The van der Waals surface area contributed by atoms with E-state index in [0.29, 0.717) is 12.0 Å². The average Bonchev–Trinajstić information content (AvgIpc) is 3.53. The van der Waals surface area contributed by atoms with Crippen molar-refractivity contribution >= 4 is 38.6 Å². The van der Waals surface area contributed by atoms with E-state index >= 15 is 0 Å². The van der Waals surface area contributed by atoms with Crippen LogP contribution in [-0.4, -0.2) is 42.7 Å². The number of hydrogen-bond donors (Lipinski definition) is 2. The number of aliphatic hydroxyl groups is 1. The van der Waals surface area contributed by atoms with Gasteiger partial charge in [-0.25, -0.2) is 9.67 Å². The SMILES string of the molecule is CC(C)Nc1c(-c2cn(C3CCC(CO)CC3)nn2)cnc2sc(-c3cncs3)cc12. The predicted molar refractivity (Wildman–Crippen MR) is 127 cm³/mol. The Kier molecular flexibility index (Phi) is 5.73. The number of aromatic nitrogens is 5. The van der Waals surface area contributed by atoms with E-state index < -0.39 is 0 Å². The fourth-order valence-corrected chi connectivity index (χ4v) is 5.97. The summed E-state index contributed by atoms with van der Waals surface area (Å²) >= 11 is 3.33. The number of thiazole rings is 1. The van der Waals surface area contributed by atoms with Gasteiger partial charge in [0, 0.05) is 40.9 Å². The summed E-state index contributed by atoms with van der Waals surface area (Å²) < 4.78 is 2.00. The lowest BCUT2D eigenvalue weighted by Crippen LogP contribution is -2.20. The quantitative estimate of drug-likeness (QED) is 0.415. The number of thiophene rings is 1. The molecule has 0 amide bonds. The van der Waals surface area contributed by atoms with Crippen LogP contribution in [0.2, 0.25) is 0 Å². The van der Waals surface area contributed by atoms with Gasteiger partial charge in [-0.1, -0.05) is 5.21 Å². The molecule has 7 nitrogen and oxygen atoms in total. The highest BCUT2D eigenvalue weighted by Gasteiger charge is 2.24. The van der Waals surface area contributed by atoms with E-state index in [1.165, 1.54) is 4.88 Å². The van der Waals surface area contributed by atoms with Gasteiger partial charge in [-0.3, -0.25) is 4.98 Å². The normalized spacial score (nSPS) is 19.4. The van der Waals surface area contributed by atoms with Crippen LogP contribution in [0, 0.1) is 5.92 Å². The van der Waals surface area contributed by atoms with Gasteiger partial charge in [-0.15, -0.1) is 27.8 Å². The molecule has 4 aromatic heterocycles. The van der Waals surface area contributed by atoms with Gasteiger partial charge in [0.15, 0.2) is 0 Å². The summed E-state index contributed by atoms with van der Waals surface area (Å²) in [6.07, 6.45) is 10.0. The van der Waals surface area contributed by atoms with Gasteiger partial charge < -0.3 is 10.4 Å². The number of nitrogens with one attached hydrogen (secondary N) is 1. The molecule has 0 radical (unpaired) electrons. The second-order valence-electron chi connectivity index (χ2n) is 8.48. The number of fused-ring (bicyclic) bond motifs is 1. The highest BCUT2D eigenvalue weighted by molar-refractivity contribution is 7.25. The van der Waals surface area contributed by atoms with E-state index in [0.717, 1.165) is 57.7 Å². The molecule has 1 fully saturated rings. The van der Waals surface area contributed by atoms with Crippen LogP contribution in [-0.2, 0) is 0 Å². The monoisotopic (exact) mass is 454 g/mol. The van der Waals surface area contributed by atoms with Crippen LogP contribution in [0.4, 0.5) is 5.69 Å². The lowest BCUT2D eigenvalue weighted by molar-refractivity contribution is 0.164. The minimum atomic E-state index is 0.278. The molecule has 4 heterocycles. The summed E-state index contributed by atoms with van der Waals surface area (Å²) in [6, 6.07) is 2.83. The summed E-state index contributed by atoms with van der Waals surface area (Å²) in [6.45, 7) is 4.57. The van der Waals surface area contributed by atoms with Crippen molar-refractivity contribution in [2.24, 2.45) is 5.92 Å². The first-order valence-corrected chi connectivity index (χ1v) is 12.4. The third-order valence-corrected chi connectivity index (χ3v) is 7.92. The second kappa shape index (κ2) is 8.64. The van der Waals surface area contributed by atoms with Gasteiger partial charge in [-0.05, 0) is 51.5 Å². The molecule has 162 valence electrons. The van der Waals surface area contributed by atoms with Crippen LogP contribution in [0.5, 0.6) is 0 Å². The van der Waals surface area contributed by atoms with Crippen molar-refractivity contribution in [3.8, 4) is 21.0 Å². The molecule has 0 unspecified atom stereocenters. The first kappa shape index (κ1) is 20.5. The molecular weight excluding hydrogens is 428 g/mol. The Morgan fingerprint density at radius 3 is 2.74 bits per heavy atom. The molecule has 0 spiro atoms. The van der Waals surface area contributed by atoms with Crippen LogP contribution in [0.3, 0.4) is 0 Å². The molecule has 1 aliphatic rings. The molecule has 0 aromatic carbocycles. The molecule has 9 heteroatoms. The predicted octanol–water partition coefficient (Wildman–Crippen LogP) is 5.22. The molecule has 0 aliphatic heterocycles. The maximum Gasteiger partial charge on any atom is 0.125 e. The molecule has 0 atom stereocenters. The van der Waals surface area contributed by atoms with Crippen LogP contribution >= 0.6 is 22.7 Å². The smallest absolute Gasteiger partial charge is 0.125 e. The third-order valence-electron chi connectivity index (χ3n) is 5.91. The van der Waals surface area contributed by atoms with Crippen LogP contribution in [0.1, 0.15) is 45.6 Å². The third kappa shape index (κ3) is 4.09. The molecule has 5 rings (SSSR count). The number of pyridine rings is 1. The van der Waals surface area contributed by atoms with Gasteiger partial charge in [0.2, 0.25) is 0 Å². The highest BCUT2D eigenvalue weighted by atomic mass is 32.1. The Bertz CT molecular complexity index is 1160. The topological polar surface area (TPSA) is 88.8 Å². The van der Waals surface area contributed by atoms with Crippen molar-refractivity contribution in [3.05, 3.63) is 30.2 Å². The van der Waals surface area contributed by atoms with Crippen molar-refractivity contribution in [2.75, 3.05) is 11.9 Å². The van der Waals surface area contributed by atoms with Crippen molar-refractivity contribution < 1.29 is 5.11 Å². The van der Waals surface area contributed by atoms with Crippen molar-refractivity contribution in [3.63, 3.8) is 0 Å². The zero-order valence-corrected chi connectivity index (χ0v) is 19.3. The first-order chi connectivity index (χ1) is 15.1. The molecular formula is C22H26N6OS2. The number of hydrogen-bond acceptors (Lipinski definition) is 8. The second-order valence-corrected chi connectivity index (χ2v) is 10.4. The summed E-state index contributed by atoms with van der Waals surface area (Å²) in [5.41, 5.74) is 4.73. The van der Waals surface area contributed by atoms with Crippen molar-refractivity contribution in [1.29, 1.82) is 0 Å². The largest absolute Gasteiger partial charge is 0.396 e. The molecule has 1 saturated carbocycles. The maximum atomic E-state index is 9.40. The Labute approximate surface area is 189 Å². The van der Waals surface area contributed by atoms with E-state index in [1.807, 2.05) is 22.6 Å². The molecule has 31 heavy (non-hydrogen) atoms. The summed E-state index contributed by atoms with van der Waals surface area (Å²) in [5, 5.41) is 23.1. The maximum absolute atomic E-state index is 9.40. The lowest BCUT2D eigenvalue weighted by atomic mass is 9.87. The van der Waals surface area contributed by atoms with E-state index in [9.17, 15) is 5.11 Å². The minimum absolute atomic E-state index is 0.278. The van der Waals surface area contributed by atoms with E-state index in [2.05, 4.69) is 46.7 Å². The molecule has 0 bridgehead atoms. The average molecular weight is 455 g/mol. The summed E-state index contributed by atoms with van der Waals surface area (Å²) in [4.78, 5) is 12.3. The zero-order chi connectivity index (χ0) is 21.4. The van der Waals surface area contributed by atoms with Gasteiger partial charge in [-0.2, -0.15) is 0 Å². The zero-order valence-electron chi connectivity index (χ0n) is 17.7. The Morgan fingerprint density at radius 1 is 1.19 bits per heavy atom. The van der Waals surface area contributed by atoms with Crippen molar-refractivity contribution in [2.45, 2.75) is 51.6 Å². The molecule has 4 aromatic rings. The van der Waals surface area contributed by atoms with E-state index in [4.69, 9.17) is 4.98 Å². The Morgan fingerprint density at radius 2 is 2.03 bits per heavy atom. The highest BCUT2D eigenvalue weighted by Crippen LogP contribution is 2.41. The number of nitrogens with zero attached hydrogens (tertiary/aromatic N) is 5. The van der Waals surface area contributed by atoms with Crippen molar-refractivity contribution in [1.82, 2.24) is 25.0 Å². The fourth-order valence-electron chi connectivity index (χ4n) is 4.26. The van der Waals surface area contributed by atoms with E-state index in [-0.39, 0.29) is 12.6 Å². The van der Waals surface area contributed by atoms with Gasteiger partial charge in [0.1, 0.15) is 10.5 Å². The Balaban J connectivity index is 1.51. The summed E-state index contributed by atoms with van der Waals surface area (Å²) in [7, 11) is 0. The van der Waals surface area contributed by atoms with E-state index in [1.54, 1.807) is 22.7 Å².